The standard InChI is InChI=1S/C22H18N4O3/c1-29-21-9-5-4-8-16(21)18-12-19(25-24-18)22(28)26-23-13-17-15-7-3-2-6-14(15)10-11-20(17)27/h2-13,27H,1H3,(H,24,25)(H,26,28). The summed E-state index contributed by atoms with van der Waals surface area (Å²) in [4.78, 5) is 12.4. The SMILES string of the molecule is COc1ccccc1-c1cc(C(=O)NN=Cc2c(O)ccc3ccccc23)[nH]n1. The Morgan fingerprint density at radius 3 is 2.79 bits per heavy atom. The Kier molecular flexibility index (Phi) is 4.94. The van der Waals surface area contributed by atoms with Crippen LogP contribution < -0.4 is 10.2 Å². The molecule has 144 valence electrons. The van der Waals surface area contributed by atoms with Crippen molar-refractivity contribution in [1.29, 1.82) is 0 Å². The number of amides is 1. The van der Waals surface area contributed by atoms with Gasteiger partial charge in [0.05, 0.1) is 19.0 Å². The Morgan fingerprint density at radius 2 is 1.93 bits per heavy atom. The summed E-state index contributed by atoms with van der Waals surface area (Å²) in [6.45, 7) is 0. The van der Waals surface area contributed by atoms with Gasteiger partial charge in [0.25, 0.3) is 5.91 Å². The van der Waals surface area contributed by atoms with E-state index in [2.05, 4.69) is 20.7 Å². The highest BCUT2D eigenvalue weighted by molar-refractivity contribution is 6.03. The molecule has 0 aliphatic carbocycles. The van der Waals surface area contributed by atoms with E-state index in [-0.39, 0.29) is 11.4 Å². The predicted molar refractivity (Wildman–Crippen MR) is 111 cm³/mol. The van der Waals surface area contributed by atoms with Crippen LogP contribution in [0.4, 0.5) is 0 Å². The number of H-pyrrole nitrogens is 1. The first-order chi connectivity index (χ1) is 14.2. The van der Waals surface area contributed by atoms with Crippen LogP contribution in [0.1, 0.15) is 16.1 Å². The van der Waals surface area contributed by atoms with Crippen LogP contribution in [0, 0.1) is 0 Å². The number of aromatic nitrogens is 2. The third kappa shape index (κ3) is 3.66. The highest BCUT2D eigenvalue weighted by Crippen LogP contribution is 2.28. The molecule has 0 radical (unpaired) electrons. The summed E-state index contributed by atoms with van der Waals surface area (Å²) < 4.78 is 5.33. The molecule has 0 saturated heterocycles. The van der Waals surface area contributed by atoms with Crippen LogP contribution in [0.2, 0.25) is 0 Å². The maximum atomic E-state index is 12.4. The summed E-state index contributed by atoms with van der Waals surface area (Å²) in [5, 5.41) is 22.8. The molecule has 0 aliphatic rings. The number of phenolic OH excluding ortho intramolecular Hbond substituents is 1. The number of rotatable bonds is 5. The van der Waals surface area contributed by atoms with Crippen LogP contribution in [0.5, 0.6) is 11.5 Å². The van der Waals surface area contributed by atoms with Gasteiger partial charge in [-0.2, -0.15) is 10.2 Å². The lowest BCUT2D eigenvalue weighted by Crippen LogP contribution is -2.18. The van der Waals surface area contributed by atoms with Crippen molar-refractivity contribution >= 4 is 22.9 Å². The topological polar surface area (TPSA) is 99.6 Å². The highest BCUT2D eigenvalue weighted by atomic mass is 16.5. The summed E-state index contributed by atoms with van der Waals surface area (Å²) in [6, 6.07) is 20.1. The molecule has 0 unspecified atom stereocenters. The average Bonchev–Trinajstić information content (AvgIpc) is 3.25. The lowest BCUT2D eigenvalue weighted by molar-refractivity contribution is 0.0950. The van der Waals surface area contributed by atoms with Gasteiger partial charge in [-0.25, -0.2) is 5.43 Å². The number of nitrogens with zero attached hydrogens (tertiary/aromatic N) is 2. The van der Waals surface area contributed by atoms with Crippen molar-refractivity contribution in [2.24, 2.45) is 5.10 Å². The van der Waals surface area contributed by atoms with Gasteiger partial charge in [0.15, 0.2) is 0 Å². The van der Waals surface area contributed by atoms with E-state index in [9.17, 15) is 9.90 Å². The lowest BCUT2D eigenvalue weighted by atomic mass is 10.0. The minimum atomic E-state index is -0.449. The highest BCUT2D eigenvalue weighted by Gasteiger charge is 2.13. The van der Waals surface area contributed by atoms with Gasteiger partial charge in [-0.3, -0.25) is 9.89 Å². The van der Waals surface area contributed by atoms with Crippen LogP contribution in [0.15, 0.2) is 71.8 Å². The van der Waals surface area contributed by atoms with Crippen molar-refractivity contribution in [3.8, 4) is 22.8 Å². The van der Waals surface area contributed by atoms with E-state index in [1.165, 1.54) is 6.21 Å². The average molecular weight is 386 g/mol. The van der Waals surface area contributed by atoms with E-state index >= 15 is 0 Å². The van der Waals surface area contributed by atoms with Crippen LogP contribution in [0.3, 0.4) is 0 Å². The molecule has 3 N–H and O–H groups in total. The number of benzene rings is 3. The zero-order valence-electron chi connectivity index (χ0n) is 15.6. The van der Waals surface area contributed by atoms with Gasteiger partial charge < -0.3 is 9.84 Å². The van der Waals surface area contributed by atoms with Crippen molar-refractivity contribution in [2.75, 3.05) is 7.11 Å². The maximum absolute atomic E-state index is 12.4. The van der Waals surface area contributed by atoms with E-state index in [0.29, 0.717) is 17.0 Å². The number of aromatic amines is 1. The summed E-state index contributed by atoms with van der Waals surface area (Å²) in [5.74, 6) is 0.298. The molecule has 1 heterocycles. The normalized spacial score (nSPS) is 11.1. The number of carbonyl (C=O) groups is 1. The fourth-order valence-corrected chi connectivity index (χ4v) is 3.07. The molecule has 0 atom stereocenters. The quantitative estimate of drug-likeness (QED) is 0.360. The molecule has 29 heavy (non-hydrogen) atoms. The summed E-state index contributed by atoms with van der Waals surface area (Å²) in [7, 11) is 1.58. The Bertz CT molecular complexity index is 1210. The molecule has 0 aliphatic heterocycles. The zero-order valence-corrected chi connectivity index (χ0v) is 15.6. The molecule has 4 aromatic rings. The van der Waals surface area contributed by atoms with E-state index in [4.69, 9.17) is 4.74 Å². The van der Waals surface area contributed by atoms with Crippen LogP contribution >= 0.6 is 0 Å². The monoisotopic (exact) mass is 386 g/mol. The third-order valence-electron chi connectivity index (χ3n) is 4.51. The van der Waals surface area contributed by atoms with Gasteiger partial charge in [0, 0.05) is 11.1 Å². The van der Waals surface area contributed by atoms with Gasteiger partial charge >= 0.3 is 0 Å². The second-order valence-corrected chi connectivity index (χ2v) is 6.29. The fraction of sp³-hybridized carbons (Fsp3) is 0.0455. The summed E-state index contributed by atoms with van der Waals surface area (Å²) in [6.07, 6.45) is 1.42. The molecule has 4 rings (SSSR count). The van der Waals surface area contributed by atoms with Gasteiger partial charge in [-0.05, 0) is 35.0 Å². The van der Waals surface area contributed by atoms with Crippen LogP contribution in [-0.4, -0.2) is 34.5 Å². The number of nitrogens with one attached hydrogen (secondary N) is 2. The third-order valence-corrected chi connectivity index (χ3v) is 4.51. The number of fused-ring (bicyclic) bond motifs is 1. The Balaban J connectivity index is 1.53. The Hall–Kier alpha value is -4.13. The number of methoxy groups -OCH3 is 1. The smallest absolute Gasteiger partial charge is 0.289 e. The Morgan fingerprint density at radius 1 is 1.14 bits per heavy atom. The molecular weight excluding hydrogens is 368 g/mol. The van der Waals surface area contributed by atoms with Gasteiger partial charge in [-0.1, -0.05) is 42.5 Å². The van der Waals surface area contributed by atoms with Gasteiger partial charge in [0.1, 0.15) is 17.2 Å². The largest absolute Gasteiger partial charge is 0.507 e. The van der Waals surface area contributed by atoms with Crippen molar-refractivity contribution in [1.82, 2.24) is 15.6 Å². The number of ether oxygens (including phenoxy) is 1. The maximum Gasteiger partial charge on any atom is 0.289 e. The first kappa shape index (κ1) is 18.2. The van der Waals surface area contributed by atoms with Crippen molar-refractivity contribution in [3.05, 3.63) is 78.0 Å². The molecule has 0 spiro atoms. The molecule has 3 aromatic carbocycles. The minimum Gasteiger partial charge on any atom is -0.507 e. The molecule has 7 nitrogen and oxygen atoms in total. The van der Waals surface area contributed by atoms with E-state index < -0.39 is 5.91 Å². The predicted octanol–water partition coefficient (Wildman–Crippen LogP) is 3.71. The lowest BCUT2D eigenvalue weighted by Gasteiger charge is -2.04. The number of aromatic hydroxyl groups is 1. The first-order valence-electron chi connectivity index (χ1n) is 8.90. The second-order valence-electron chi connectivity index (χ2n) is 6.29. The van der Waals surface area contributed by atoms with E-state index in [0.717, 1.165) is 16.3 Å². The number of phenols is 1. The van der Waals surface area contributed by atoms with E-state index in [1.807, 2.05) is 54.6 Å². The second kappa shape index (κ2) is 7.85. The van der Waals surface area contributed by atoms with Crippen LogP contribution in [0.25, 0.3) is 22.0 Å². The van der Waals surface area contributed by atoms with Crippen LogP contribution in [-0.2, 0) is 0 Å². The summed E-state index contributed by atoms with van der Waals surface area (Å²) >= 11 is 0. The number of hydrogen-bond acceptors (Lipinski definition) is 5. The molecule has 0 bridgehead atoms. The fourth-order valence-electron chi connectivity index (χ4n) is 3.07. The van der Waals surface area contributed by atoms with E-state index in [1.54, 1.807) is 19.2 Å². The Labute approximate surface area is 166 Å². The van der Waals surface area contributed by atoms with Crippen molar-refractivity contribution in [3.63, 3.8) is 0 Å². The minimum absolute atomic E-state index is 0.0849. The molecular formula is C22H18N4O3. The number of hydrogen-bond donors (Lipinski definition) is 3. The number of hydrazone groups is 1. The van der Waals surface area contributed by atoms with Crippen molar-refractivity contribution in [2.45, 2.75) is 0 Å². The molecule has 1 amide bonds. The molecule has 0 fully saturated rings. The molecule has 0 saturated carbocycles. The van der Waals surface area contributed by atoms with Crippen molar-refractivity contribution < 1.29 is 14.6 Å². The molecule has 7 heteroatoms. The summed E-state index contributed by atoms with van der Waals surface area (Å²) in [5.41, 5.74) is 4.59. The van der Waals surface area contributed by atoms with Gasteiger partial charge in [0.2, 0.25) is 0 Å². The first-order valence-corrected chi connectivity index (χ1v) is 8.90. The molecule has 1 aromatic heterocycles. The number of carbonyl (C=O) groups excluding carboxylic acids is 1. The number of para-hydroxylation sites is 1. The van der Waals surface area contributed by atoms with Gasteiger partial charge in [-0.15, -0.1) is 0 Å². The zero-order chi connectivity index (χ0) is 20.2.